The number of carbonyl (C=O) groups is 1. The summed E-state index contributed by atoms with van der Waals surface area (Å²) < 4.78 is 0. The summed E-state index contributed by atoms with van der Waals surface area (Å²) >= 11 is 0. The maximum Gasteiger partial charge on any atom is 0.207 e. The molecule has 0 spiro atoms. The second kappa shape index (κ2) is 4.74. The van der Waals surface area contributed by atoms with Crippen molar-refractivity contribution < 1.29 is 9.90 Å². The number of para-hydroxylation sites is 1. The first-order valence-electron chi connectivity index (χ1n) is 6.15. The van der Waals surface area contributed by atoms with Crippen molar-refractivity contribution in [2.45, 2.75) is 6.10 Å². The maximum atomic E-state index is 10.2. The molecular formula is C15H14N2O2. The van der Waals surface area contributed by atoms with Gasteiger partial charge in [0.15, 0.2) is 0 Å². The van der Waals surface area contributed by atoms with Gasteiger partial charge in [-0.25, -0.2) is 0 Å². The van der Waals surface area contributed by atoms with Crippen LogP contribution in [0, 0.1) is 0 Å². The molecule has 1 heterocycles. The smallest absolute Gasteiger partial charge is 0.207 e. The fourth-order valence-electron chi connectivity index (χ4n) is 2.36. The number of hydrogen-bond acceptors (Lipinski definition) is 2. The average Bonchev–Trinajstić information content (AvgIpc) is 2.82. The van der Waals surface area contributed by atoms with Crippen molar-refractivity contribution in [3.8, 4) is 0 Å². The molecule has 0 unspecified atom stereocenters. The zero-order valence-corrected chi connectivity index (χ0v) is 10.3. The number of aliphatic hydroxyl groups excluding tert-OH is 1. The number of aliphatic hydroxyl groups is 1. The van der Waals surface area contributed by atoms with Crippen LogP contribution in [0.5, 0.6) is 0 Å². The van der Waals surface area contributed by atoms with Crippen LogP contribution in [0.25, 0.3) is 21.8 Å². The van der Waals surface area contributed by atoms with E-state index in [9.17, 15) is 9.90 Å². The first kappa shape index (κ1) is 11.7. The third-order valence-electron chi connectivity index (χ3n) is 3.31. The van der Waals surface area contributed by atoms with Gasteiger partial charge in [0.25, 0.3) is 0 Å². The molecule has 3 N–H and O–H groups in total. The van der Waals surface area contributed by atoms with E-state index in [4.69, 9.17) is 0 Å². The Kier molecular flexibility index (Phi) is 2.93. The molecule has 0 radical (unpaired) electrons. The number of aromatic amines is 1. The largest absolute Gasteiger partial charge is 0.387 e. The highest BCUT2D eigenvalue weighted by molar-refractivity contribution is 6.07. The molecule has 4 nitrogen and oxygen atoms in total. The van der Waals surface area contributed by atoms with Gasteiger partial charge < -0.3 is 15.4 Å². The van der Waals surface area contributed by atoms with E-state index >= 15 is 0 Å². The number of carbonyl (C=O) groups excluding carboxylic acids is 1. The highest BCUT2D eigenvalue weighted by atomic mass is 16.3. The minimum Gasteiger partial charge on any atom is -0.387 e. The van der Waals surface area contributed by atoms with E-state index in [-0.39, 0.29) is 6.54 Å². The van der Waals surface area contributed by atoms with Gasteiger partial charge in [0.05, 0.1) is 6.10 Å². The summed E-state index contributed by atoms with van der Waals surface area (Å²) in [6.07, 6.45) is -0.106. The van der Waals surface area contributed by atoms with Gasteiger partial charge in [-0.3, -0.25) is 4.79 Å². The van der Waals surface area contributed by atoms with E-state index in [0.717, 1.165) is 22.0 Å². The zero-order chi connectivity index (χ0) is 13.2. The SMILES string of the molecule is O=CNC[C@H](O)c1ccc2c(c1)[nH]c1ccccc12. The van der Waals surface area contributed by atoms with E-state index in [0.29, 0.717) is 6.41 Å². The molecular weight excluding hydrogens is 240 g/mol. The lowest BCUT2D eigenvalue weighted by Gasteiger charge is -2.09. The second-order valence-corrected chi connectivity index (χ2v) is 4.52. The molecule has 0 aliphatic rings. The van der Waals surface area contributed by atoms with Crippen molar-refractivity contribution in [2.75, 3.05) is 6.54 Å². The van der Waals surface area contributed by atoms with Crippen LogP contribution in [0.15, 0.2) is 42.5 Å². The van der Waals surface area contributed by atoms with E-state index in [2.05, 4.69) is 16.4 Å². The Hall–Kier alpha value is -2.33. The highest BCUT2D eigenvalue weighted by Gasteiger charge is 2.09. The molecule has 0 aliphatic heterocycles. The number of hydrogen-bond donors (Lipinski definition) is 3. The number of rotatable bonds is 4. The van der Waals surface area contributed by atoms with Crippen molar-refractivity contribution in [3.63, 3.8) is 0 Å². The van der Waals surface area contributed by atoms with Gasteiger partial charge in [-0.05, 0) is 17.7 Å². The minimum absolute atomic E-state index is 0.217. The second-order valence-electron chi connectivity index (χ2n) is 4.52. The van der Waals surface area contributed by atoms with Crippen LogP contribution in [0.2, 0.25) is 0 Å². The van der Waals surface area contributed by atoms with Crippen LogP contribution in [-0.4, -0.2) is 23.0 Å². The van der Waals surface area contributed by atoms with Crippen molar-refractivity contribution in [2.24, 2.45) is 0 Å². The summed E-state index contributed by atoms with van der Waals surface area (Å²) in [6.45, 7) is 0.217. The molecule has 19 heavy (non-hydrogen) atoms. The lowest BCUT2D eigenvalue weighted by Crippen LogP contribution is -2.19. The first-order valence-corrected chi connectivity index (χ1v) is 6.15. The highest BCUT2D eigenvalue weighted by Crippen LogP contribution is 2.27. The van der Waals surface area contributed by atoms with Crippen LogP contribution in [0.3, 0.4) is 0 Å². The summed E-state index contributed by atoms with van der Waals surface area (Å²) in [5.74, 6) is 0. The van der Waals surface area contributed by atoms with Gasteiger partial charge >= 0.3 is 0 Å². The van der Waals surface area contributed by atoms with Crippen LogP contribution >= 0.6 is 0 Å². The van der Waals surface area contributed by atoms with E-state index in [1.165, 1.54) is 5.39 Å². The average molecular weight is 254 g/mol. The number of benzene rings is 2. The third kappa shape index (κ3) is 2.06. The molecule has 2 aromatic carbocycles. The number of H-pyrrole nitrogens is 1. The quantitative estimate of drug-likeness (QED) is 0.624. The standard InChI is InChI=1S/C15H14N2O2/c18-9-16-8-15(19)10-5-6-12-11-3-1-2-4-13(11)17-14(12)7-10/h1-7,9,15,17,19H,8H2,(H,16,18)/t15-/m0/s1. The van der Waals surface area contributed by atoms with Crippen LogP contribution in [0.4, 0.5) is 0 Å². The molecule has 0 aliphatic carbocycles. The van der Waals surface area contributed by atoms with Crippen molar-refractivity contribution in [1.82, 2.24) is 10.3 Å². The zero-order valence-electron chi connectivity index (χ0n) is 10.3. The fourth-order valence-corrected chi connectivity index (χ4v) is 2.36. The topological polar surface area (TPSA) is 65.1 Å². The monoisotopic (exact) mass is 254 g/mol. The van der Waals surface area contributed by atoms with Gasteiger partial charge in [0.1, 0.15) is 0 Å². The van der Waals surface area contributed by atoms with Gasteiger partial charge in [-0.2, -0.15) is 0 Å². The summed E-state index contributed by atoms with van der Waals surface area (Å²) in [4.78, 5) is 13.6. The number of amides is 1. The van der Waals surface area contributed by atoms with Crippen LogP contribution < -0.4 is 5.32 Å². The fraction of sp³-hybridized carbons (Fsp3) is 0.133. The Morgan fingerprint density at radius 1 is 1.16 bits per heavy atom. The number of aromatic nitrogens is 1. The predicted molar refractivity (Wildman–Crippen MR) is 74.8 cm³/mol. The molecule has 0 bridgehead atoms. The van der Waals surface area contributed by atoms with Crippen molar-refractivity contribution >= 4 is 28.2 Å². The lowest BCUT2D eigenvalue weighted by molar-refractivity contribution is -0.109. The Balaban J connectivity index is 2.05. The Bertz CT molecular complexity index is 733. The van der Waals surface area contributed by atoms with Crippen LogP contribution in [0.1, 0.15) is 11.7 Å². The Labute approximate surface area is 110 Å². The van der Waals surface area contributed by atoms with Gasteiger partial charge in [0, 0.05) is 28.4 Å². The van der Waals surface area contributed by atoms with Gasteiger partial charge in [-0.15, -0.1) is 0 Å². The minimum atomic E-state index is -0.694. The molecule has 4 heteroatoms. The molecule has 0 fully saturated rings. The molecule has 1 aromatic heterocycles. The van der Waals surface area contributed by atoms with Gasteiger partial charge in [-0.1, -0.05) is 30.3 Å². The summed E-state index contributed by atoms with van der Waals surface area (Å²) in [6, 6.07) is 13.9. The van der Waals surface area contributed by atoms with E-state index in [1.807, 2.05) is 36.4 Å². The molecule has 3 rings (SSSR count). The summed E-state index contributed by atoms with van der Waals surface area (Å²) in [7, 11) is 0. The molecule has 3 aromatic rings. The molecule has 1 amide bonds. The Morgan fingerprint density at radius 2 is 1.95 bits per heavy atom. The number of nitrogens with one attached hydrogen (secondary N) is 2. The van der Waals surface area contributed by atoms with Gasteiger partial charge in [0.2, 0.25) is 6.41 Å². The normalized spacial score (nSPS) is 12.7. The van der Waals surface area contributed by atoms with E-state index in [1.54, 1.807) is 0 Å². The van der Waals surface area contributed by atoms with E-state index < -0.39 is 6.10 Å². The summed E-state index contributed by atoms with van der Waals surface area (Å²) in [5.41, 5.74) is 2.85. The van der Waals surface area contributed by atoms with Crippen molar-refractivity contribution in [3.05, 3.63) is 48.0 Å². The maximum absolute atomic E-state index is 10.2. The lowest BCUT2D eigenvalue weighted by atomic mass is 10.1. The van der Waals surface area contributed by atoms with Crippen LogP contribution in [-0.2, 0) is 4.79 Å². The van der Waals surface area contributed by atoms with Crippen molar-refractivity contribution in [1.29, 1.82) is 0 Å². The molecule has 0 saturated carbocycles. The Morgan fingerprint density at radius 3 is 2.79 bits per heavy atom. The molecule has 1 atom stereocenters. The molecule has 0 saturated heterocycles. The summed E-state index contributed by atoms with van der Waals surface area (Å²) in [5, 5.41) is 14.7. The third-order valence-corrected chi connectivity index (χ3v) is 3.31. The number of fused-ring (bicyclic) bond motifs is 3. The molecule has 96 valence electrons. The predicted octanol–water partition coefficient (Wildman–Crippen LogP) is 2.10. The first-order chi connectivity index (χ1) is 9.29.